The maximum absolute atomic E-state index is 13.0. The highest BCUT2D eigenvalue weighted by Crippen LogP contribution is 2.18. The minimum Gasteiger partial charge on any atom is -0.399 e. The number of benzene rings is 1. The molecule has 5 N–H and O–H groups in total. The molecule has 1 aromatic rings. The van der Waals surface area contributed by atoms with Crippen LogP contribution in [0.3, 0.4) is 0 Å². The largest absolute Gasteiger partial charge is 0.399 e. The Hall–Kier alpha value is -1.34. The van der Waals surface area contributed by atoms with Crippen molar-refractivity contribution >= 4 is 21.4 Å². The van der Waals surface area contributed by atoms with Crippen molar-refractivity contribution in [2.45, 2.75) is 0 Å². The van der Waals surface area contributed by atoms with E-state index in [0.717, 1.165) is 6.07 Å². The van der Waals surface area contributed by atoms with E-state index in [1.807, 2.05) is 4.72 Å². The highest BCUT2D eigenvalue weighted by atomic mass is 32.2. The van der Waals surface area contributed by atoms with Crippen LogP contribution in [0.25, 0.3) is 0 Å². The molecule has 78 valence electrons. The molecule has 0 aromatic heterocycles. The van der Waals surface area contributed by atoms with Crippen LogP contribution in [0, 0.1) is 5.82 Å². The first-order valence-corrected chi connectivity index (χ1v) is 5.35. The maximum Gasteiger partial charge on any atom is 0.245 e. The minimum absolute atomic E-state index is 0.199. The van der Waals surface area contributed by atoms with E-state index in [0.29, 0.717) is 0 Å². The number of nitrogens with two attached hydrogens (primary N) is 2. The molecule has 5 nitrogen and oxygen atoms in total. The zero-order valence-corrected chi connectivity index (χ0v) is 8.01. The second-order valence-corrected chi connectivity index (χ2v) is 4.39. The fraction of sp³-hybridized carbons (Fsp3) is 0.143. The van der Waals surface area contributed by atoms with E-state index in [9.17, 15) is 12.8 Å². The number of nitrogen functional groups attached to an aromatic ring is 1. The summed E-state index contributed by atoms with van der Waals surface area (Å²) in [6.45, 7) is 0. The Labute approximate surface area is 81.0 Å². The lowest BCUT2D eigenvalue weighted by molar-refractivity contribution is 0.599. The second-order valence-electron chi connectivity index (χ2n) is 2.62. The molecule has 0 aliphatic carbocycles. The van der Waals surface area contributed by atoms with Crippen molar-refractivity contribution in [3.63, 3.8) is 0 Å². The molecule has 0 aliphatic heterocycles. The summed E-state index contributed by atoms with van der Waals surface area (Å²) in [5, 5.41) is 0. The van der Waals surface area contributed by atoms with Crippen LogP contribution < -0.4 is 16.2 Å². The SMILES string of the molecule is NCS(=O)(=O)Nc1cc(N)ccc1F. The van der Waals surface area contributed by atoms with Crippen LogP contribution in [0.5, 0.6) is 0 Å². The highest BCUT2D eigenvalue weighted by molar-refractivity contribution is 7.92. The molecule has 0 bridgehead atoms. The predicted molar refractivity (Wildman–Crippen MR) is 52.4 cm³/mol. The molecular formula is C7H10FN3O2S. The fourth-order valence-corrected chi connectivity index (χ4v) is 1.41. The van der Waals surface area contributed by atoms with Gasteiger partial charge in [-0.2, -0.15) is 0 Å². The van der Waals surface area contributed by atoms with Crippen molar-refractivity contribution in [1.29, 1.82) is 0 Å². The quantitative estimate of drug-likeness (QED) is 0.626. The molecule has 7 heteroatoms. The molecule has 0 amide bonds. The molecule has 0 fully saturated rings. The van der Waals surface area contributed by atoms with Crippen molar-refractivity contribution in [1.82, 2.24) is 0 Å². The number of anilines is 2. The monoisotopic (exact) mass is 219 g/mol. The van der Waals surface area contributed by atoms with E-state index in [1.54, 1.807) is 0 Å². The molecule has 0 radical (unpaired) electrons. The van der Waals surface area contributed by atoms with Crippen LogP contribution in [0.1, 0.15) is 0 Å². The molecule has 0 saturated heterocycles. The molecule has 1 rings (SSSR count). The topological polar surface area (TPSA) is 98.2 Å². The van der Waals surface area contributed by atoms with Gasteiger partial charge in [-0.3, -0.25) is 4.72 Å². The van der Waals surface area contributed by atoms with Crippen molar-refractivity contribution in [3.8, 4) is 0 Å². The smallest absolute Gasteiger partial charge is 0.245 e. The van der Waals surface area contributed by atoms with Gasteiger partial charge in [0.1, 0.15) is 11.7 Å². The van der Waals surface area contributed by atoms with Gasteiger partial charge in [0.25, 0.3) is 0 Å². The van der Waals surface area contributed by atoms with Crippen molar-refractivity contribution in [2.24, 2.45) is 5.73 Å². The van der Waals surface area contributed by atoms with Gasteiger partial charge in [-0.05, 0) is 18.2 Å². The Morgan fingerprint density at radius 1 is 1.43 bits per heavy atom. The van der Waals surface area contributed by atoms with E-state index in [-0.39, 0.29) is 11.4 Å². The third kappa shape index (κ3) is 2.57. The van der Waals surface area contributed by atoms with Crippen LogP contribution in [0.4, 0.5) is 15.8 Å². The molecule has 0 atom stereocenters. The number of sulfonamides is 1. The number of rotatable bonds is 3. The van der Waals surface area contributed by atoms with Gasteiger partial charge < -0.3 is 11.5 Å². The Morgan fingerprint density at radius 3 is 2.64 bits per heavy atom. The number of halogens is 1. The molecule has 0 aliphatic rings. The van der Waals surface area contributed by atoms with Crippen LogP contribution in [-0.2, 0) is 10.0 Å². The van der Waals surface area contributed by atoms with Crippen LogP contribution in [0.2, 0.25) is 0 Å². The Kier molecular flexibility index (Phi) is 2.92. The average Bonchev–Trinajstić information content (AvgIpc) is 2.11. The maximum atomic E-state index is 13.0. The Bertz CT molecular complexity index is 433. The minimum atomic E-state index is -3.68. The van der Waals surface area contributed by atoms with E-state index in [4.69, 9.17) is 11.5 Å². The average molecular weight is 219 g/mol. The first-order chi connectivity index (χ1) is 6.44. The number of nitrogens with one attached hydrogen (secondary N) is 1. The first-order valence-electron chi connectivity index (χ1n) is 3.70. The van der Waals surface area contributed by atoms with Gasteiger partial charge >= 0.3 is 0 Å². The summed E-state index contributed by atoms with van der Waals surface area (Å²) in [7, 11) is -3.68. The lowest BCUT2D eigenvalue weighted by Gasteiger charge is -2.07. The standard InChI is InChI=1S/C7H10FN3O2S/c8-6-2-1-5(10)3-7(6)11-14(12,13)4-9/h1-3,11H,4,9-10H2. The van der Waals surface area contributed by atoms with E-state index in [1.165, 1.54) is 12.1 Å². The lowest BCUT2D eigenvalue weighted by Crippen LogP contribution is -2.22. The van der Waals surface area contributed by atoms with Gasteiger partial charge in [0, 0.05) is 5.69 Å². The summed E-state index contributed by atoms with van der Waals surface area (Å²) in [5.74, 6) is -1.31. The van der Waals surface area contributed by atoms with Crippen molar-refractivity contribution in [2.75, 3.05) is 16.3 Å². The molecular weight excluding hydrogens is 209 g/mol. The van der Waals surface area contributed by atoms with Crippen molar-refractivity contribution in [3.05, 3.63) is 24.0 Å². The third-order valence-corrected chi connectivity index (χ3v) is 2.45. The Morgan fingerprint density at radius 2 is 2.07 bits per heavy atom. The fourth-order valence-electron chi connectivity index (χ4n) is 0.830. The zero-order chi connectivity index (χ0) is 10.8. The normalized spacial score (nSPS) is 11.3. The number of hydrogen-bond donors (Lipinski definition) is 3. The first kappa shape index (κ1) is 10.7. The summed E-state index contributed by atoms with van der Waals surface area (Å²) in [4.78, 5) is 0. The lowest BCUT2D eigenvalue weighted by atomic mass is 10.3. The Balaban J connectivity index is 3.03. The van der Waals surface area contributed by atoms with Gasteiger partial charge in [-0.25, -0.2) is 12.8 Å². The number of hydrogen-bond acceptors (Lipinski definition) is 4. The second kappa shape index (κ2) is 3.81. The van der Waals surface area contributed by atoms with E-state index >= 15 is 0 Å². The van der Waals surface area contributed by atoms with Gasteiger partial charge in [0.05, 0.1) is 5.69 Å². The van der Waals surface area contributed by atoms with Crippen LogP contribution in [-0.4, -0.2) is 14.3 Å². The van der Waals surface area contributed by atoms with Gasteiger partial charge in [-0.1, -0.05) is 0 Å². The van der Waals surface area contributed by atoms with Gasteiger partial charge in [0.2, 0.25) is 10.0 Å². The summed E-state index contributed by atoms with van der Waals surface area (Å²) in [6.07, 6.45) is 0. The van der Waals surface area contributed by atoms with Crippen LogP contribution in [0.15, 0.2) is 18.2 Å². The molecule has 1 aromatic carbocycles. The third-order valence-electron chi connectivity index (χ3n) is 1.48. The zero-order valence-electron chi connectivity index (χ0n) is 7.20. The van der Waals surface area contributed by atoms with E-state index in [2.05, 4.69) is 0 Å². The molecule has 0 spiro atoms. The van der Waals surface area contributed by atoms with Gasteiger partial charge in [-0.15, -0.1) is 0 Å². The summed E-state index contributed by atoms with van der Waals surface area (Å²) < 4.78 is 37.0. The van der Waals surface area contributed by atoms with Crippen LogP contribution >= 0.6 is 0 Å². The molecule has 0 heterocycles. The predicted octanol–water partition coefficient (Wildman–Crippen LogP) is 0.0658. The van der Waals surface area contributed by atoms with E-state index < -0.39 is 21.7 Å². The molecule has 14 heavy (non-hydrogen) atoms. The summed E-state index contributed by atoms with van der Waals surface area (Å²) in [6, 6.07) is 3.59. The molecule has 0 saturated carbocycles. The highest BCUT2D eigenvalue weighted by Gasteiger charge is 2.10. The summed E-state index contributed by atoms with van der Waals surface area (Å²) >= 11 is 0. The molecule has 0 unspecified atom stereocenters. The van der Waals surface area contributed by atoms with Gasteiger partial charge in [0.15, 0.2) is 0 Å². The van der Waals surface area contributed by atoms with Crippen molar-refractivity contribution < 1.29 is 12.8 Å². The summed E-state index contributed by atoms with van der Waals surface area (Å²) in [5.41, 5.74) is 10.4.